The maximum Gasteiger partial charge on any atom is 0.155 e. The van der Waals surface area contributed by atoms with E-state index in [1.165, 1.54) is 5.57 Å². The van der Waals surface area contributed by atoms with Crippen LogP contribution in [0.4, 0.5) is 0 Å². The third kappa shape index (κ3) is 2.14. The number of carbonyl (C=O) groups is 1. The molecule has 0 heterocycles. The van der Waals surface area contributed by atoms with E-state index in [1.807, 2.05) is 6.08 Å². The van der Waals surface area contributed by atoms with E-state index in [-0.39, 0.29) is 10.8 Å². The smallest absolute Gasteiger partial charge is 0.155 e. The molecule has 0 aromatic carbocycles. The Labute approximate surface area is 144 Å². The first-order valence-corrected chi connectivity index (χ1v) is 9.51. The van der Waals surface area contributed by atoms with Crippen LogP contribution in [0.25, 0.3) is 0 Å². The van der Waals surface area contributed by atoms with Crippen molar-refractivity contribution in [2.45, 2.75) is 64.9 Å². The summed E-state index contributed by atoms with van der Waals surface area (Å²) in [5, 5.41) is 11.3. The van der Waals surface area contributed by atoms with Crippen LogP contribution < -0.4 is 0 Å². The summed E-state index contributed by atoms with van der Waals surface area (Å²) in [4.78, 5) is 11.8. The van der Waals surface area contributed by atoms with Gasteiger partial charge in [-0.25, -0.2) is 0 Å². The number of carbonyl (C=O) groups excluding carboxylic acids is 1. The van der Waals surface area contributed by atoms with Gasteiger partial charge in [0.05, 0.1) is 6.10 Å². The molecule has 0 radical (unpaired) electrons. The summed E-state index contributed by atoms with van der Waals surface area (Å²) in [5.74, 6) is 2.15. The van der Waals surface area contributed by atoms with Crippen molar-refractivity contribution in [2.24, 2.45) is 28.6 Å². The van der Waals surface area contributed by atoms with Crippen molar-refractivity contribution >= 4 is 17.4 Å². The van der Waals surface area contributed by atoms with Gasteiger partial charge >= 0.3 is 0 Å². The van der Waals surface area contributed by atoms with E-state index < -0.39 is 6.10 Å². The zero-order chi connectivity index (χ0) is 16.4. The van der Waals surface area contributed by atoms with Crippen LogP contribution >= 0.6 is 11.6 Å². The van der Waals surface area contributed by atoms with Gasteiger partial charge in [-0.3, -0.25) is 4.79 Å². The van der Waals surface area contributed by atoms with E-state index in [0.717, 1.165) is 38.5 Å². The van der Waals surface area contributed by atoms with Gasteiger partial charge in [0.2, 0.25) is 0 Å². The summed E-state index contributed by atoms with van der Waals surface area (Å²) in [5.41, 5.74) is 1.53. The molecule has 0 amide bonds. The van der Waals surface area contributed by atoms with Gasteiger partial charge in [-0.15, -0.1) is 0 Å². The number of fused-ring (bicyclic) bond motifs is 5. The minimum Gasteiger partial charge on any atom is -0.387 e. The van der Waals surface area contributed by atoms with Crippen molar-refractivity contribution in [3.05, 3.63) is 22.8 Å². The molecule has 0 bridgehead atoms. The van der Waals surface area contributed by atoms with Crippen molar-refractivity contribution in [2.75, 3.05) is 0 Å². The zero-order valence-electron chi connectivity index (χ0n) is 14.1. The summed E-state index contributed by atoms with van der Waals surface area (Å²) < 4.78 is 0. The summed E-state index contributed by atoms with van der Waals surface area (Å²) in [6, 6.07) is 0. The second kappa shape index (κ2) is 5.20. The molecular weight excluding hydrogens is 308 g/mol. The number of aliphatic hydroxyl groups is 1. The molecule has 23 heavy (non-hydrogen) atoms. The fourth-order valence-corrected chi connectivity index (χ4v) is 6.70. The molecule has 1 unspecified atom stereocenters. The van der Waals surface area contributed by atoms with Gasteiger partial charge < -0.3 is 5.11 Å². The molecule has 4 rings (SSSR count). The quantitative estimate of drug-likeness (QED) is 0.702. The number of ketones is 1. The van der Waals surface area contributed by atoms with Gasteiger partial charge in [-0.1, -0.05) is 37.1 Å². The molecular formula is C20H27ClO2. The minimum atomic E-state index is -0.499. The third-order valence-corrected chi connectivity index (χ3v) is 8.21. The van der Waals surface area contributed by atoms with Crippen LogP contribution in [0, 0.1) is 28.6 Å². The number of rotatable bonds is 0. The van der Waals surface area contributed by atoms with Crippen LogP contribution in [0.3, 0.4) is 0 Å². The lowest BCUT2D eigenvalue weighted by molar-refractivity contribution is -0.119. The highest BCUT2D eigenvalue weighted by Gasteiger charge is 2.57. The summed E-state index contributed by atoms with van der Waals surface area (Å²) in [6.45, 7) is 4.64. The average molecular weight is 335 g/mol. The molecule has 0 saturated heterocycles. The largest absolute Gasteiger partial charge is 0.387 e. The van der Waals surface area contributed by atoms with Gasteiger partial charge in [-0.2, -0.15) is 0 Å². The normalized spacial score (nSPS) is 49.5. The topological polar surface area (TPSA) is 37.3 Å². The predicted molar refractivity (Wildman–Crippen MR) is 92.0 cm³/mol. The fourth-order valence-electron chi connectivity index (χ4n) is 6.36. The lowest BCUT2D eigenvalue weighted by Crippen LogP contribution is -2.55. The van der Waals surface area contributed by atoms with E-state index in [1.54, 1.807) is 0 Å². The molecule has 6 atom stereocenters. The zero-order valence-corrected chi connectivity index (χ0v) is 14.9. The average Bonchev–Trinajstić information content (AvgIpc) is 2.52. The molecule has 126 valence electrons. The molecule has 4 aliphatic rings. The molecule has 0 spiro atoms. The van der Waals surface area contributed by atoms with Gasteiger partial charge in [-0.05, 0) is 67.8 Å². The molecule has 0 aromatic heterocycles. The summed E-state index contributed by atoms with van der Waals surface area (Å²) >= 11 is 6.27. The van der Waals surface area contributed by atoms with Crippen LogP contribution in [0.2, 0.25) is 0 Å². The third-order valence-electron chi connectivity index (χ3n) is 7.85. The Balaban J connectivity index is 1.70. The van der Waals surface area contributed by atoms with Gasteiger partial charge in [0.15, 0.2) is 5.78 Å². The first kappa shape index (κ1) is 15.9. The lowest BCUT2D eigenvalue weighted by atomic mass is 9.45. The number of hydrogen-bond donors (Lipinski definition) is 1. The molecule has 2 fully saturated rings. The van der Waals surface area contributed by atoms with Crippen molar-refractivity contribution in [1.82, 2.24) is 0 Å². The minimum absolute atomic E-state index is 0.0743. The van der Waals surface area contributed by atoms with Crippen LogP contribution in [0.15, 0.2) is 22.8 Å². The first-order chi connectivity index (χ1) is 10.9. The highest BCUT2D eigenvalue weighted by atomic mass is 35.5. The SMILES string of the molecule is C[C@]12CCC(=O)C=C1CC[C@@H]1[C@@H]2CC[C@]2(C)C(O)C(Cl)=CC[C@@H]12. The fraction of sp³-hybridized carbons (Fsp3) is 0.750. The monoisotopic (exact) mass is 334 g/mol. The van der Waals surface area contributed by atoms with Crippen molar-refractivity contribution in [3.63, 3.8) is 0 Å². The second-order valence-electron chi connectivity index (χ2n) is 8.74. The van der Waals surface area contributed by atoms with Crippen molar-refractivity contribution in [3.8, 4) is 0 Å². The molecule has 0 aromatic rings. The summed E-state index contributed by atoms with van der Waals surface area (Å²) in [6.07, 6.45) is 10.7. The Morgan fingerprint density at radius 3 is 2.74 bits per heavy atom. The Morgan fingerprint density at radius 1 is 1.17 bits per heavy atom. The van der Waals surface area contributed by atoms with Crippen molar-refractivity contribution < 1.29 is 9.90 Å². The molecule has 3 heteroatoms. The van der Waals surface area contributed by atoms with E-state index in [0.29, 0.717) is 35.0 Å². The van der Waals surface area contributed by atoms with Gasteiger partial charge in [0.25, 0.3) is 0 Å². The number of allylic oxidation sites excluding steroid dienone is 3. The number of aliphatic hydroxyl groups excluding tert-OH is 1. The number of hydrogen-bond acceptors (Lipinski definition) is 2. The highest BCUT2D eigenvalue weighted by molar-refractivity contribution is 6.30. The van der Waals surface area contributed by atoms with E-state index in [9.17, 15) is 9.90 Å². The molecule has 2 nitrogen and oxygen atoms in total. The van der Waals surface area contributed by atoms with Crippen LogP contribution in [-0.4, -0.2) is 17.0 Å². The maximum atomic E-state index is 11.8. The van der Waals surface area contributed by atoms with Gasteiger partial charge in [0.1, 0.15) is 0 Å². The second-order valence-corrected chi connectivity index (χ2v) is 9.18. The standard InChI is InChI=1S/C20H27ClO2/c1-19-9-7-13(22)11-12(19)3-4-14-15-5-6-17(21)18(23)20(15,2)10-8-16(14)19/h6,11,14-16,18,23H,3-5,7-10H2,1-2H3/t14-,15-,16-,18?,19-,20-/m0/s1. The van der Waals surface area contributed by atoms with Crippen molar-refractivity contribution in [1.29, 1.82) is 0 Å². The molecule has 4 aliphatic carbocycles. The Hall–Kier alpha value is -0.600. The van der Waals surface area contributed by atoms with Crippen LogP contribution in [0.1, 0.15) is 58.8 Å². The Bertz CT molecular complexity index is 607. The number of halogens is 1. The van der Waals surface area contributed by atoms with E-state index in [4.69, 9.17) is 11.6 Å². The maximum absolute atomic E-state index is 11.8. The highest BCUT2D eigenvalue weighted by Crippen LogP contribution is 2.64. The molecule has 2 saturated carbocycles. The van der Waals surface area contributed by atoms with E-state index >= 15 is 0 Å². The Kier molecular flexibility index (Phi) is 3.59. The van der Waals surface area contributed by atoms with Crippen LogP contribution in [-0.2, 0) is 4.79 Å². The first-order valence-electron chi connectivity index (χ1n) is 9.14. The van der Waals surface area contributed by atoms with Crippen LogP contribution in [0.5, 0.6) is 0 Å². The predicted octanol–water partition coefficient (Wildman–Crippen LogP) is 4.61. The van der Waals surface area contributed by atoms with E-state index in [2.05, 4.69) is 19.9 Å². The van der Waals surface area contributed by atoms with Gasteiger partial charge in [0, 0.05) is 16.9 Å². The molecule has 0 aliphatic heterocycles. The summed E-state index contributed by atoms with van der Waals surface area (Å²) in [7, 11) is 0. The Morgan fingerprint density at radius 2 is 1.96 bits per heavy atom. The lowest BCUT2D eigenvalue weighted by Gasteiger charge is -2.60. The molecule has 1 N–H and O–H groups in total.